The molecule has 0 fully saturated rings. The minimum absolute atomic E-state index is 0.483. The van der Waals surface area contributed by atoms with E-state index in [-0.39, 0.29) is 0 Å². The molecule has 0 aliphatic heterocycles. The van der Waals surface area contributed by atoms with Crippen LogP contribution in [0.25, 0.3) is 0 Å². The predicted molar refractivity (Wildman–Crippen MR) is 62.3 cm³/mol. The quantitative estimate of drug-likeness (QED) is 0.593. The van der Waals surface area contributed by atoms with Gasteiger partial charge in [-0.2, -0.15) is 11.8 Å². The smallest absolute Gasteiger partial charge is 0.129 e. The van der Waals surface area contributed by atoms with Crippen molar-refractivity contribution in [3.63, 3.8) is 0 Å². The largest absolute Gasteiger partial charge is 0.384 e. The van der Waals surface area contributed by atoms with Crippen LogP contribution in [-0.2, 0) is 10.5 Å². The maximum atomic E-state index is 5.94. The zero-order chi connectivity index (χ0) is 10.4. The second kappa shape index (κ2) is 6.51. The van der Waals surface area contributed by atoms with E-state index in [0.717, 1.165) is 23.8 Å². The van der Waals surface area contributed by atoms with Crippen LogP contribution < -0.4 is 0 Å². The summed E-state index contributed by atoms with van der Waals surface area (Å²) < 4.78 is 4.93. The van der Waals surface area contributed by atoms with Crippen LogP contribution in [0, 0.1) is 0 Å². The van der Waals surface area contributed by atoms with E-state index in [0.29, 0.717) is 10.2 Å². The van der Waals surface area contributed by atoms with Crippen molar-refractivity contribution in [2.45, 2.75) is 5.75 Å². The van der Waals surface area contributed by atoms with Crippen molar-refractivity contribution in [1.82, 2.24) is 4.98 Å². The second-order valence-corrected chi connectivity index (χ2v) is 4.51. The van der Waals surface area contributed by atoms with Crippen LogP contribution in [-0.4, -0.2) is 24.5 Å². The van der Waals surface area contributed by atoms with Gasteiger partial charge in [0.15, 0.2) is 0 Å². The SMILES string of the molecule is COCCSCc1nc(Cl)ccc1Cl. The van der Waals surface area contributed by atoms with Crippen LogP contribution in [0.1, 0.15) is 5.69 Å². The van der Waals surface area contributed by atoms with E-state index < -0.39 is 0 Å². The van der Waals surface area contributed by atoms with Gasteiger partial charge in [-0.25, -0.2) is 4.98 Å². The van der Waals surface area contributed by atoms with Crippen molar-refractivity contribution in [1.29, 1.82) is 0 Å². The van der Waals surface area contributed by atoms with Crippen LogP contribution in [0.5, 0.6) is 0 Å². The van der Waals surface area contributed by atoms with Gasteiger partial charge < -0.3 is 4.74 Å². The summed E-state index contributed by atoms with van der Waals surface area (Å²) in [6.07, 6.45) is 0. The molecule has 78 valence electrons. The Morgan fingerprint density at radius 2 is 2.21 bits per heavy atom. The van der Waals surface area contributed by atoms with Crippen LogP contribution in [0.2, 0.25) is 10.2 Å². The summed E-state index contributed by atoms with van der Waals surface area (Å²) in [5.41, 5.74) is 0.834. The number of pyridine rings is 1. The maximum absolute atomic E-state index is 5.94. The fourth-order valence-corrected chi connectivity index (χ4v) is 2.13. The lowest BCUT2D eigenvalue weighted by molar-refractivity contribution is 0.218. The van der Waals surface area contributed by atoms with Gasteiger partial charge in [0, 0.05) is 18.6 Å². The summed E-state index contributed by atoms with van der Waals surface area (Å²) in [5, 5.41) is 1.15. The highest BCUT2D eigenvalue weighted by molar-refractivity contribution is 7.98. The Hall–Kier alpha value is 0.0400. The van der Waals surface area contributed by atoms with E-state index >= 15 is 0 Å². The molecular formula is C9H11Cl2NOS. The molecule has 1 rings (SSSR count). The Kier molecular flexibility index (Phi) is 5.63. The summed E-state index contributed by atoms with van der Waals surface area (Å²) in [4.78, 5) is 4.14. The second-order valence-electron chi connectivity index (χ2n) is 2.61. The van der Waals surface area contributed by atoms with Gasteiger partial charge in [-0.15, -0.1) is 0 Å². The molecule has 0 N–H and O–H groups in total. The van der Waals surface area contributed by atoms with Crippen LogP contribution in [0.3, 0.4) is 0 Å². The summed E-state index contributed by atoms with van der Waals surface area (Å²) in [6.45, 7) is 0.739. The van der Waals surface area contributed by atoms with E-state index in [1.807, 2.05) is 0 Å². The molecule has 5 heteroatoms. The Morgan fingerprint density at radius 3 is 2.93 bits per heavy atom. The summed E-state index contributed by atoms with van der Waals surface area (Å²) in [6, 6.07) is 3.45. The van der Waals surface area contributed by atoms with E-state index in [9.17, 15) is 0 Å². The van der Waals surface area contributed by atoms with Crippen LogP contribution >= 0.6 is 35.0 Å². The fourth-order valence-electron chi connectivity index (χ4n) is 0.870. The Balaban J connectivity index is 2.45. The molecule has 2 nitrogen and oxygen atoms in total. The third-order valence-corrected chi connectivity index (χ3v) is 3.04. The molecule has 0 aliphatic carbocycles. The zero-order valence-electron chi connectivity index (χ0n) is 7.80. The average molecular weight is 252 g/mol. The molecule has 1 aromatic heterocycles. The van der Waals surface area contributed by atoms with Crippen LogP contribution in [0.4, 0.5) is 0 Å². The molecule has 0 aromatic carbocycles. The number of hydrogen-bond donors (Lipinski definition) is 0. The van der Waals surface area contributed by atoms with Crippen molar-refractivity contribution in [3.05, 3.63) is 28.0 Å². The summed E-state index contributed by atoms with van der Waals surface area (Å²) >= 11 is 13.4. The minimum Gasteiger partial charge on any atom is -0.384 e. The molecule has 1 aromatic rings. The number of halogens is 2. The highest BCUT2D eigenvalue weighted by Gasteiger charge is 2.02. The number of aromatic nitrogens is 1. The topological polar surface area (TPSA) is 22.1 Å². The van der Waals surface area contributed by atoms with Gasteiger partial charge in [0.1, 0.15) is 5.15 Å². The Labute approximate surface area is 98.0 Å². The van der Waals surface area contributed by atoms with Crippen molar-refractivity contribution >= 4 is 35.0 Å². The molecular weight excluding hydrogens is 241 g/mol. The van der Waals surface area contributed by atoms with E-state index in [2.05, 4.69) is 4.98 Å². The minimum atomic E-state index is 0.483. The highest BCUT2D eigenvalue weighted by Crippen LogP contribution is 2.21. The normalized spacial score (nSPS) is 10.5. The lowest BCUT2D eigenvalue weighted by Gasteiger charge is -2.03. The Morgan fingerprint density at radius 1 is 1.43 bits per heavy atom. The first-order valence-electron chi connectivity index (χ1n) is 4.11. The lowest BCUT2D eigenvalue weighted by Crippen LogP contribution is -1.94. The number of ether oxygens (including phenoxy) is 1. The van der Waals surface area contributed by atoms with Gasteiger partial charge in [-0.05, 0) is 12.1 Å². The number of rotatable bonds is 5. The van der Waals surface area contributed by atoms with Gasteiger partial charge in [0.2, 0.25) is 0 Å². The van der Waals surface area contributed by atoms with Crippen molar-refractivity contribution in [3.8, 4) is 0 Å². The number of nitrogens with zero attached hydrogens (tertiary/aromatic N) is 1. The van der Waals surface area contributed by atoms with Gasteiger partial charge in [-0.3, -0.25) is 0 Å². The third kappa shape index (κ3) is 4.05. The highest BCUT2D eigenvalue weighted by atomic mass is 35.5. The lowest BCUT2D eigenvalue weighted by atomic mass is 10.4. The fraction of sp³-hybridized carbons (Fsp3) is 0.444. The first-order valence-corrected chi connectivity index (χ1v) is 6.02. The maximum Gasteiger partial charge on any atom is 0.129 e. The number of thioether (sulfide) groups is 1. The summed E-state index contributed by atoms with van der Waals surface area (Å²) in [7, 11) is 1.69. The van der Waals surface area contributed by atoms with E-state index in [1.165, 1.54) is 0 Å². The van der Waals surface area contributed by atoms with Gasteiger partial charge in [0.05, 0.1) is 17.3 Å². The monoisotopic (exact) mass is 251 g/mol. The third-order valence-electron chi connectivity index (χ3n) is 1.56. The Bertz CT molecular complexity index is 296. The van der Waals surface area contributed by atoms with Gasteiger partial charge >= 0.3 is 0 Å². The number of hydrogen-bond acceptors (Lipinski definition) is 3. The molecule has 14 heavy (non-hydrogen) atoms. The van der Waals surface area contributed by atoms with Crippen molar-refractivity contribution in [2.75, 3.05) is 19.5 Å². The zero-order valence-corrected chi connectivity index (χ0v) is 10.1. The molecule has 0 saturated heterocycles. The average Bonchev–Trinajstić information content (AvgIpc) is 2.18. The molecule has 0 saturated carbocycles. The summed E-state index contributed by atoms with van der Waals surface area (Å²) in [5.74, 6) is 1.70. The number of methoxy groups -OCH3 is 1. The molecule has 1 heterocycles. The first-order chi connectivity index (χ1) is 6.74. The molecule has 0 bridgehead atoms. The molecule has 0 amide bonds. The predicted octanol–water partition coefficient (Wildman–Crippen LogP) is 3.27. The molecule has 0 radical (unpaired) electrons. The van der Waals surface area contributed by atoms with Crippen molar-refractivity contribution in [2.24, 2.45) is 0 Å². The van der Waals surface area contributed by atoms with E-state index in [1.54, 1.807) is 31.0 Å². The first kappa shape index (κ1) is 12.1. The molecule has 0 aliphatic rings. The molecule has 0 atom stereocenters. The van der Waals surface area contributed by atoms with Gasteiger partial charge in [0.25, 0.3) is 0 Å². The standard InChI is InChI=1S/C9H11Cl2NOS/c1-13-4-5-14-6-8-7(10)2-3-9(11)12-8/h2-3H,4-6H2,1H3. The molecule has 0 spiro atoms. The van der Waals surface area contributed by atoms with E-state index in [4.69, 9.17) is 27.9 Å². The van der Waals surface area contributed by atoms with Gasteiger partial charge in [-0.1, -0.05) is 23.2 Å². The van der Waals surface area contributed by atoms with Crippen LogP contribution in [0.15, 0.2) is 12.1 Å². The van der Waals surface area contributed by atoms with Crippen molar-refractivity contribution < 1.29 is 4.74 Å². The molecule has 0 unspecified atom stereocenters.